The predicted molar refractivity (Wildman–Crippen MR) is 124 cm³/mol. The fourth-order valence-electron chi connectivity index (χ4n) is 2.80. The molecule has 0 saturated carbocycles. The van der Waals surface area contributed by atoms with Crippen molar-refractivity contribution in [2.45, 2.75) is 43.1 Å². The summed E-state index contributed by atoms with van der Waals surface area (Å²) < 4.78 is 74.4. The highest BCUT2D eigenvalue weighted by molar-refractivity contribution is 7.92. The maximum absolute atomic E-state index is 13.9. The van der Waals surface area contributed by atoms with Crippen LogP contribution in [0.25, 0.3) is 0 Å². The average Bonchev–Trinajstić information content (AvgIpc) is 2.70. The summed E-state index contributed by atoms with van der Waals surface area (Å²) in [5.41, 5.74) is -2.27. The number of sulfonamides is 1. The summed E-state index contributed by atoms with van der Waals surface area (Å²) in [6.07, 6.45) is 0.247. The van der Waals surface area contributed by atoms with E-state index in [1.54, 1.807) is 0 Å². The first-order valence-corrected chi connectivity index (χ1v) is 11.5. The first-order chi connectivity index (χ1) is 15.1. The van der Waals surface area contributed by atoms with E-state index in [2.05, 4.69) is 16.6 Å². The number of amides is 1. The molecule has 0 fully saturated rings. The largest absolute Gasteiger partial charge is 0.497 e. The van der Waals surface area contributed by atoms with Gasteiger partial charge in [-0.25, -0.2) is 21.6 Å². The quantitative estimate of drug-likeness (QED) is 0.503. The summed E-state index contributed by atoms with van der Waals surface area (Å²) in [5.74, 6) is -3.61. The fraction of sp³-hybridized carbons (Fsp3) is 0.318. The minimum absolute atomic E-state index is 0.101. The number of hydrogen-bond donors (Lipinski definition) is 2. The lowest BCUT2D eigenvalue weighted by Gasteiger charge is -2.18. The third-order valence-electron chi connectivity index (χ3n) is 4.70. The van der Waals surface area contributed by atoms with Gasteiger partial charge in [-0.3, -0.25) is 9.52 Å². The van der Waals surface area contributed by atoms with E-state index >= 15 is 0 Å². The highest BCUT2D eigenvalue weighted by Crippen LogP contribution is 2.30. The molecular weight excluding hydrogens is 456 g/mol. The maximum Gasteiger partial charge on any atom is 0.261 e. The monoisotopic (exact) mass is 482 g/mol. The van der Waals surface area contributed by atoms with Gasteiger partial charge < -0.3 is 10.1 Å². The lowest BCUT2D eigenvalue weighted by Crippen LogP contribution is -2.26. The number of carbonyl (C=O) groups excluding carboxylic acids is 1. The molecule has 2 aromatic carbocycles. The molecule has 0 saturated heterocycles. The molecule has 0 heterocycles. The van der Waals surface area contributed by atoms with E-state index in [1.165, 1.54) is 45.2 Å². The Kier molecular flexibility index (Phi) is 7.89. The maximum atomic E-state index is 13.9. The molecule has 2 N–H and O–H groups in total. The minimum Gasteiger partial charge on any atom is -0.497 e. The SMILES string of the molecule is BC(F)(F)c1ccc(C(=O)NC(=C)CCC(C)(C)F)c(NS(=O)(=O)c2ccc(OC)cc2)c1. The van der Waals surface area contributed by atoms with Crippen molar-refractivity contribution < 1.29 is 31.1 Å². The molecule has 2 rings (SSSR count). The third kappa shape index (κ3) is 7.56. The molecule has 0 radical (unpaired) electrons. The van der Waals surface area contributed by atoms with Gasteiger partial charge in [0, 0.05) is 11.3 Å². The molecule has 0 aromatic heterocycles. The standard InChI is InChI=1S/C22H26BF3N2O4S/c1-14(11-12-21(2,3)24)27-20(29)18-10-5-15(22(23,25)26)13-19(18)28-33(30,31)17-8-6-16(32-4)7-9-17/h5-10,13,28H,1,11-12,23H2,2-4H3,(H,27,29). The number of hydrogen-bond acceptors (Lipinski definition) is 4. The third-order valence-corrected chi connectivity index (χ3v) is 6.08. The average molecular weight is 482 g/mol. The van der Waals surface area contributed by atoms with Crippen molar-refractivity contribution in [1.29, 1.82) is 0 Å². The molecule has 11 heteroatoms. The number of benzene rings is 2. The summed E-state index contributed by atoms with van der Waals surface area (Å²) >= 11 is 0. The summed E-state index contributed by atoms with van der Waals surface area (Å²) in [6, 6.07) is 8.45. The molecule has 0 bridgehead atoms. The summed E-state index contributed by atoms with van der Waals surface area (Å²) in [4.78, 5) is 12.6. The summed E-state index contributed by atoms with van der Waals surface area (Å²) in [7, 11) is -2.14. The van der Waals surface area contributed by atoms with Crippen molar-refractivity contribution >= 4 is 29.5 Å². The second-order valence-corrected chi connectivity index (χ2v) is 9.89. The van der Waals surface area contributed by atoms with E-state index in [0.717, 1.165) is 18.2 Å². The Labute approximate surface area is 192 Å². The molecule has 0 spiro atoms. The Bertz CT molecular complexity index is 1130. The zero-order valence-corrected chi connectivity index (χ0v) is 19.7. The van der Waals surface area contributed by atoms with Crippen LogP contribution in [0.3, 0.4) is 0 Å². The number of alkyl halides is 3. The summed E-state index contributed by atoms with van der Waals surface area (Å²) in [5, 5.41) is 2.47. The zero-order valence-electron chi connectivity index (χ0n) is 18.8. The van der Waals surface area contributed by atoms with E-state index < -0.39 is 33.0 Å². The predicted octanol–water partition coefficient (Wildman–Crippen LogP) is 3.95. The molecule has 6 nitrogen and oxygen atoms in total. The molecule has 2 aromatic rings. The van der Waals surface area contributed by atoms with Gasteiger partial charge in [0.1, 0.15) is 11.4 Å². The number of nitrogens with one attached hydrogen (secondary N) is 2. The van der Waals surface area contributed by atoms with Crippen LogP contribution in [0, 0.1) is 0 Å². The molecule has 1 amide bonds. The molecule has 178 valence electrons. The molecule has 0 aliphatic heterocycles. The van der Waals surface area contributed by atoms with Gasteiger partial charge >= 0.3 is 0 Å². The normalized spacial score (nSPS) is 12.2. The highest BCUT2D eigenvalue weighted by atomic mass is 32.2. The topological polar surface area (TPSA) is 84.5 Å². The highest BCUT2D eigenvalue weighted by Gasteiger charge is 2.27. The van der Waals surface area contributed by atoms with Gasteiger partial charge in [-0.05, 0) is 63.1 Å². The van der Waals surface area contributed by atoms with E-state index in [0.29, 0.717) is 13.6 Å². The smallest absolute Gasteiger partial charge is 0.261 e. The van der Waals surface area contributed by atoms with Crippen LogP contribution >= 0.6 is 0 Å². The van der Waals surface area contributed by atoms with Crippen molar-refractivity contribution in [2.24, 2.45) is 0 Å². The Morgan fingerprint density at radius 2 is 1.73 bits per heavy atom. The number of anilines is 1. The number of ether oxygens (including phenoxy) is 1. The van der Waals surface area contributed by atoms with Crippen LogP contribution in [-0.2, 0) is 15.8 Å². The van der Waals surface area contributed by atoms with Crippen LogP contribution < -0.4 is 14.8 Å². The molecule has 0 aliphatic carbocycles. The van der Waals surface area contributed by atoms with Crippen LogP contribution in [0.5, 0.6) is 5.75 Å². The van der Waals surface area contributed by atoms with Crippen molar-refractivity contribution in [3.8, 4) is 5.75 Å². The number of methoxy groups -OCH3 is 1. The van der Waals surface area contributed by atoms with Crippen LogP contribution in [0.15, 0.2) is 59.6 Å². The Morgan fingerprint density at radius 3 is 2.24 bits per heavy atom. The van der Waals surface area contributed by atoms with Gasteiger partial charge in [-0.15, -0.1) is 0 Å². The van der Waals surface area contributed by atoms with Gasteiger partial charge in [0.2, 0.25) is 5.82 Å². The summed E-state index contributed by atoms with van der Waals surface area (Å²) in [6.45, 7) is 6.45. The van der Waals surface area contributed by atoms with Gasteiger partial charge in [0.25, 0.3) is 15.9 Å². The number of allylic oxidation sites excluding steroid dienone is 1. The van der Waals surface area contributed by atoms with Crippen molar-refractivity contribution in [1.82, 2.24) is 5.32 Å². The van der Waals surface area contributed by atoms with Crippen molar-refractivity contribution in [2.75, 3.05) is 11.8 Å². The van der Waals surface area contributed by atoms with Crippen LogP contribution in [0.2, 0.25) is 0 Å². The van der Waals surface area contributed by atoms with Crippen molar-refractivity contribution in [3.05, 3.63) is 65.9 Å². The molecule has 0 atom stereocenters. The second kappa shape index (κ2) is 9.90. The van der Waals surface area contributed by atoms with Crippen LogP contribution in [-0.4, -0.2) is 34.9 Å². The number of rotatable bonds is 10. The van der Waals surface area contributed by atoms with Crippen molar-refractivity contribution in [3.63, 3.8) is 0 Å². The molecule has 0 unspecified atom stereocenters. The van der Waals surface area contributed by atoms with Crippen LogP contribution in [0.1, 0.15) is 42.6 Å². The van der Waals surface area contributed by atoms with Gasteiger partial charge in [-0.2, -0.15) is 0 Å². The lowest BCUT2D eigenvalue weighted by atomic mass is 9.90. The first kappa shape index (κ1) is 26.3. The second-order valence-electron chi connectivity index (χ2n) is 8.21. The minimum atomic E-state index is -4.22. The van der Waals surface area contributed by atoms with E-state index in [9.17, 15) is 26.4 Å². The van der Waals surface area contributed by atoms with E-state index in [-0.39, 0.29) is 34.7 Å². The Hall–Kier alpha value is -2.95. The van der Waals surface area contributed by atoms with Gasteiger partial charge in [-0.1, -0.05) is 12.6 Å². The van der Waals surface area contributed by atoms with E-state index in [4.69, 9.17) is 4.74 Å². The molecule has 0 aliphatic rings. The van der Waals surface area contributed by atoms with Crippen LogP contribution in [0.4, 0.5) is 18.9 Å². The van der Waals surface area contributed by atoms with E-state index in [1.807, 2.05) is 0 Å². The Balaban J connectivity index is 2.38. The lowest BCUT2D eigenvalue weighted by molar-refractivity contribution is 0.0932. The number of halogens is 3. The molecule has 33 heavy (non-hydrogen) atoms. The van der Waals surface area contributed by atoms with Gasteiger partial charge in [0.05, 0.1) is 23.3 Å². The number of carbonyl (C=O) groups is 1. The first-order valence-electron chi connectivity index (χ1n) is 10.00. The fourth-order valence-corrected chi connectivity index (χ4v) is 3.87. The zero-order chi connectivity index (χ0) is 25.0. The van der Waals surface area contributed by atoms with Gasteiger partial charge in [0.15, 0.2) is 7.85 Å². The Morgan fingerprint density at radius 1 is 1.12 bits per heavy atom. The molecular formula is C22H26BF3N2O4S.